The molecule has 5 N–H and O–H groups in total. The second kappa shape index (κ2) is 10.2. The van der Waals surface area contributed by atoms with Gasteiger partial charge in [-0.05, 0) is 55.3 Å². The third kappa shape index (κ3) is 5.75. The number of benzene rings is 1. The van der Waals surface area contributed by atoms with Crippen LogP contribution in [0.4, 0.5) is 11.5 Å². The Morgan fingerprint density at radius 1 is 1.22 bits per heavy atom. The Labute approximate surface area is 210 Å². The highest BCUT2D eigenvalue weighted by Crippen LogP contribution is 2.27. The van der Waals surface area contributed by atoms with Crippen molar-refractivity contribution in [3.8, 4) is 0 Å². The minimum absolute atomic E-state index is 0.0468. The Balaban J connectivity index is 1.64. The lowest BCUT2D eigenvalue weighted by Crippen LogP contribution is -2.20. The molecule has 0 saturated heterocycles. The fourth-order valence-electron chi connectivity index (χ4n) is 3.65. The Morgan fingerprint density at radius 2 is 2.03 bits per heavy atom. The molecule has 0 atom stereocenters. The SMILES string of the molecule is Cc1ccc(C(=O)N=C(N)/C=C(\O)C(C)(C)C)cc1Nc1ncnc2ccc(C3=CCNCC3)nc12. The fraction of sp³-hybridized carbons (Fsp3) is 0.296. The third-order valence-corrected chi connectivity index (χ3v) is 5.90. The monoisotopic (exact) mass is 485 g/mol. The van der Waals surface area contributed by atoms with Crippen molar-refractivity contribution in [2.45, 2.75) is 34.1 Å². The number of amidine groups is 1. The van der Waals surface area contributed by atoms with Gasteiger partial charge in [0.05, 0.1) is 11.2 Å². The first-order valence-electron chi connectivity index (χ1n) is 11.8. The summed E-state index contributed by atoms with van der Waals surface area (Å²) in [6, 6.07) is 9.14. The van der Waals surface area contributed by atoms with E-state index >= 15 is 0 Å². The van der Waals surface area contributed by atoms with E-state index in [1.165, 1.54) is 18.0 Å². The average molecular weight is 486 g/mol. The van der Waals surface area contributed by atoms with Gasteiger partial charge in [-0.2, -0.15) is 4.99 Å². The van der Waals surface area contributed by atoms with Crippen molar-refractivity contribution in [3.63, 3.8) is 0 Å². The molecule has 9 heteroatoms. The molecule has 1 aliphatic heterocycles. The van der Waals surface area contributed by atoms with Crippen molar-refractivity contribution in [2.24, 2.45) is 16.1 Å². The number of fused-ring (bicyclic) bond motifs is 1. The molecule has 0 spiro atoms. The number of rotatable bonds is 5. The summed E-state index contributed by atoms with van der Waals surface area (Å²) in [6.45, 7) is 9.18. The summed E-state index contributed by atoms with van der Waals surface area (Å²) in [6.07, 6.45) is 5.85. The topological polar surface area (TPSA) is 138 Å². The van der Waals surface area contributed by atoms with Crippen molar-refractivity contribution in [2.75, 3.05) is 18.4 Å². The number of aliphatic hydroxyl groups is 1. The number of nitrogens with zero attached hydrogens (tertiary/aromatic N) is 4. The fourth-order valence-corrected chi connectivity index (χ4v) is 3.65. The quantitative estimate of drug-likeness (QED) is 0.236. The van der Waals surface area contributed by atoms with Gasteiger partial charge in [0.25, 0.3) is 5.91 Å². The highest BCUT2D eigenvalue weighted by molar-refractivity contribution is 6.07. The predicted molar refractivity (Wildman–Crippen MR) is 143 cm³/mol. The first-order chi connectivity index (χ1) is 17.1. The molecule has 0 unspecified atom stereocenters. The number of aliphatic imine (C=N–C) groups is 1. The van der Waals surface area contributed by atoms with Gasteiger partial charge in [0.15, 0.2) is 5.82 Å². The lowest BCUT2D eigenvalue weighted by molar-refractivity contribution is 0.100. The van der Waals surface area contributed by atoms with E-state index in [4.69, 9.17) is 10.7 Å². The number of anilines is 2. The third-order valence-electron chi connectivity index (χ3n) is 5.90. The predicted octanol–water partition coefficient (Wildman–Crippen LogP) is 4.44. The van der Waals surface area contributed by atoms with Crippen LogP contribution in [-0.4, -0.2) is 44.9 Å². The van der Waals surface area contributed by atoms with Gasteiger partial charge in [0, 0.05) is 29.3 Å². The molecule has 2 aromatic heterocycles. The van der Waals surface area contributed by atoms with E-state index in [-0.39, 0.29) is 11.6 Å². The molecule has 1 aromatic carbocycles. The van der Waals surface area contributed by atoms with Crippen LogP contribution in [0.25, 0.3) is 16.6 Å². The highest BCUT2D eigenvalue weighted by Gasteiger charge is 2.17. The Hall–Kier alpha value is -4.11. The standard InChI is InChI=1S/C27H31N7O2/c1-16-5-6-18(26(36)34-23(28)14-22(35)27(2,3)4)13-21(16)33-25-24-20(30-15-31-25)8-7-19(32-24)17-9-11-29-12-10-17/h5-9,13-15,29,35H,10-12H2,1-4H3,(H2,28,34,36)(H,30,31,33)/b22-14-. The number of carbonyl (C=O) groups excluding carboxylic acids is 1. The molecule has 3 aromatic rings. The summed E-state index contributed by atoms with van der Waals surface area (Å²) in [7, 11) is 0. The molecule has 1 amide bonds. The first-order valence-corrected chi connectivity index (χ1v) is 11.8. The van der Waals surface area contributed by atoms with Crippen LogP contribution in [-0.2, 0) is 0 Å². The summed E-state index contributed by atoms with van der Waals surface area (Å²) in [5, 5.41) is 16.8. The molecule has 0 radical (unpaired) electrons. The number of aliphatic hydroxyl groups excluding tert-OH is 1. The van der Waals surface area contributed by atoms with Crippen LogP contribution in [0.1, 0.15) is 48.8 Å². The second-order valence-electron chi connectivity index (χ2n) is 9.75. The number of carbonyl (C=O) groups is 1. The Morgan fingerprint density at radius 3 is 2.75 bits per heavy atom. The number of nitrogens with two attached hydrogens (primary N) is 1. The highest BCUT2D eigenvalue weighted by atomic mass is 16.3. The molecule has 0 fully saturated rings. The molecular formula is C27H31N7O2. The Kier molecular flexibility index (Phi) is 7.12. The van der Waals surface area contributed by atoms with Crippen LogP contribution >= 0.6 is 0 Å². The van der Waals surface area contributed by atoms with Gasteiger partial charge in [0.2, 0.25) is 0 Å². The maximum Gasteiger partial charge on any atom is 0.279 e. The lowest BCUT2D eigenvalue weighted by atomic mass is 9.93. The van der Waals surface area contributed by atoms with Crippen molar-refractivity contribution in [3.05, 3.63) is 71.4 Å². The number of allylic oxidation sites excluding steroid dienone is 1. The molecule has 0 saturated carbocycles. The van der Waals surface area contributed by atoms with E-state index in [1.807, 2.05) is 45.9 Å². The summed E-state index contributed by atoms with van der Waals surface area (Å²) < 4.78 is 0. The van der Waals surface area contributed by atoms with Gasteiger partial charge < -0.3 is 21.5 Å². The number of pyridine rings is 1. The van der Waals surface area contributed by atoms with Crippen LogP contribution in [0.2, 0.25) is 0 Å². The molecule has 4 rings (SSSR count). The summed E-state index contributed by atoms with van der Waals surface area (Å²) in [5.74, 6) is 0.0169. The maximum atomic E-state index is 12.8. The molecule has 3 heterocycles. The van der Waals surface area contributed by atoms with Gasteiger partial charge in [-0.15, -0.1) is 0 Å². The van der Waals surface area contributed by atoms with Gasteiger partial charge in [-0.25, -0.2) is 15.0 Å². The summed E-state index contributed by atoms with van der Waals surface area (Å²) >= 11 is 0. The van der Waals surface area contributed by atoms with Crippen LogP contribution in [0, 0.1) is 12.3 Å². The second-order valence-corrected chi connectivity index (χ2v) is 9.75. The van der Waals surface area contributed by atoms with Crippen LogP contribution in [0.5, 0.6) is 0 Å². The normalized spacial score (nSPS) is 15.1. The number of amides is 1. The van der Waals surface area contributed by atoms with Gasteiger partial charge >= 0.3 is 0 Å². The van der Waals surface area contributed by atoms with E-state index < -0.39 is 11.3 Å². The molecule has 0 aliphatic carbocycles. The lowest BCUT2D eigenvalue weighted by Gasteiger charge is -2.16. The van der Waals surface area contributed by atoms with Crippen LogP contribution < -0.4 is 16.4 Å². The Bertz CT molecular complexity index is 1400. The van der Waals surface area contributed by atoms with E-state index in [9.17, 15) is 9.90 Å². The van der Waals surface area contributed by atoms with Gasteiger partial charge in [0.1, 0.15) is 23.4 Å². The van der Waals surface area contributed by atoms with E-state index in [1.54, 1.807) is 12.1 Å². The largest absolute Gasteiger partial charge is 0.512 e. The zero-order valence-electron chi connectivity index (χ0n) is 21.0. The van der Waals surface area contributed by atoms with Crippen LogP contribution in [0.3, 0.4) is 0 Å². The maximum absolute atomic E-state index is 12.8. The van der Waals surface area contributed by atoms with Gasteiger partial charge in [-0.1, -0.05) is 32.9 Å². The molecule has 9 nitrogen and oxygen atoms in total. The van der Waals surface area contributed by atoms with E-state index in [0.29, 0.717) is 22.6 Å². The number of nitrogens with one attached hydrogen (secondary N) is 2. The van der Waals surface area contributed by atoms with Crippen molar-refractivity contribution >= 4 is 39.9 Å². The van der Waals surface area contributed by atoms with Gasteiger partial charge in [-0.3, -0.25) is 4.79 Å². The van der Waals surface area contributed by atoms with Crippen molar-refractivity contribution in [1.82, 2.24) is 20.3 Å². The molecule has 36 heavy (non-hydrogen) atoms. The van der Waals surface area contributed by atoms with Crippen molar-refractivity contribution < 1.29 is 9.90 Å². The minimum Gasteiger partial charge on any atom is -0.512 e. The molecule has 1 aliphatic rings. The molecule has 0 bridgehead atoms. The first kappa shape index (κ1) is 25.0. The van der Waals surface area contributed by atoms with Crippen molar-refractivity contribution in [1.29, 1.82) is 0 Å². The molecule has 186 valence electrons. The number of hydrogen-bond donors (Lipinski definition) is 4. The smallest absolute Gasteiger partial charge is 0.279 e. The summed E-state index contributed by atoms with van der Waals surface area (Å²) in [5.41, 5.74) is 10.8. The number of hydrogen-bond acceptors (Lipinski definition) is 7. The molecular weight excluding hydrogens is 454 g/mol. The zero-order chi connectivity index (χ0) is 25.9. The van der Waals surface area contributed by atoms with Crippen LogP contribution in [0.15, 0.2) is 59.6 Å². The van der Waals surface area contributed by atoms with E-state index in [2.05, 4.69) is 31.7 Å². The van der Waals surface area contributed by atoms with E-state index in [0.717, 1.165) is 36.3 Å². The average Bonchev–Trinajstić information content (AvgIpc) is 2.85. The number of aryl methyl sites for hydroxylation is 1. The summed E-state index contributed by atoms with van der Waals surface area (Å²) in [4.78, 5) is 30.3. The number of aromatic nitrogens is 3. The zero-order valence-corrected chi connectivity index (χ0v) is 21.0. The minimum atomic E-state index is -0.515.